The van der Waals surface area contributed by atoms with E-state index in [4.69, 9.17) is 0 Å². The Balaban J connectivity index is 3.12. The number of carbonyl (C=O) groups excluding carboxylic acids is 1. The van der Waals surface area contributed by atoms with E-state index in [0.717, 1.165) is 13.2 Å². The van der Waals surface area contributed by atoms with E-state index in [0.29, 0.717) is 11.3 Å². The van der Waals surface area contributed by atoms with Crippen molar-refractivity contribution in [3.05, 3.63) is 21.4 Å². The van der Waals surface area contributed by atoms with Crippen molar-refractivity contribution in [1.29, 1.82) is 0 Å². The van der Waals surface area contributed by atoms with Gasteiger partial charge in [-0.25, -0.2) is 4.79 Å². The van der Waals surface area contributed by atoms with Gasteiger partial charge in [0.2, 0.25) is 0 Å². The molecule has 0 fully saturated rings. The van der Waals surface area contributed by atoms with Gasteiger partial charge in [-0.15, -0.1) is 11.3 Å². The van der Waals surface area contributed by atoms with Crippen LogP contribution in [0.3, 0.4) is 0 Å². The van der Waals surface area contributed by atoms with Crippen molar-refractivity contribution in [2.45, 2.75) is 13.1 Å². The zero-order valence-corrected chi connectivity index (χ0v) is 8.25. The normalized spacial score (nSPS) is 11.5. The summed E-state index contributed by atoms with van der Waals surface area (Å²) in [5.41, 5.74) is 0.286. The lowest BCUT2D eigenvalue weighted by Gasteiger charge is -2.00. The number of alkyl halides is 3. The second-order valence-corrected chi connectivity index (χ2v) is 3.66. The van der Waals surface area contributed by atoms with Crippen molar-refractivity contribution < 1.29 is 22.7 Å². The number of rotatable bonds is 1. The predicted molar refractivity (Wildman–Crippen MR) is 45.4 cm³/mol. The van der Waals surface area contributed by atoms with E-state index < -0.39 is 17.0 Å². The molecule has 0 aliphatic rings. The largest absolute Gasteiger partial charge is 0.465 e. The summed E-state index contributed by atoms with van der Waals surface area (Å²) in [5.74, 6) is -0.733. The Morgan fingerprint density at radius 3 is 2.43 bits per heavy atom. The first kappa shape index (κ1) is 11.0. The number of ether oxygens (including phenoxy) is 1. The quantitative estimate of drug-likeness (QED) is 0.685. The van der Waals surface area contributed by atoms with Gasteiger partial charge in [-0.1, -0.05) is 0 Å². The number of hydrogen-bond acceptors (Lipinski definition) is 3. The Morgan fingerprint density at radius 1 is 1.50 bits per heavy atom. The molecule has 0 N–H and O–H groups in total. The summed E-state index contributed by atoms with van der Waals surface area (Å²) in [6, 6.07) is 0.941. The Labute approximate surface area is 82.3 Å². The third-order valence-corrected chi connectivity index (χ3v) is 2.83. The monoisotopic (exact) mass is 224 g/mol. The van der Waals surface area contributed by atoms with E-state index in [9.17, 15) is 18.0 Å². The number of thiophene rings is 1. The highest BCUT2D eigenvalue weighted by atomic mass is 32.1. The fraction of sp³-hybridized carbons (Fsp3) is 0.375. The average molecular weight is 224 g/mol. The second-order valence-electron chi connectivity index (χ2n) is 2.61. The molecule has 78 valence electrons. The van der Waals surface area contributed by atoms with Crippen LogP contribution in [0.25, 0.3) is 0 Å². The summed E-state index contributed by atoms with van der Waals surface area (Å²) in [4.78, 5) is 10.2. The van der Waals surface area contributed by atoms with Gasteiger partial charge in [-0.2, -0.15) is 13.2 Å². The van der Waals surface area contributed by atoms with Crippen molar-refractivity contribution in [3.63, 3.8) is 0 Å². The molecule has 0 amide bonds. The van der Waals surface area contributed by atoms with Crippen molar-refractivity contribution in [1.82, 2.24) is 0 Å². The number of hydrogen-bond donors (Lipinski definition) is 0. The molecule has 1 aromatic heterocycles. The molecule has 0 saturated carbocycles. The molecule has 0 aliphatic carbocycles. The van der Waals surface area contributed by atoms with Crippen LogP contribution >= 0.6 is 11.3 Å². The highest BCUT2D eigenvalue weighted by molar-refractivity contribution is 7.14. The SMILES string of the molecule is COC(=O)c1sc(C(F)(F)F)cc1C. The van der Waals surface area contributed by atoms with Crippen LogP contribution in [0, 0.1) is 6.92 Å². The highest BCUT2D eigenvalue weighted by Gasteiger charge is 2.34. The molecule has 6 heteroatoms. The molecular formula is C8H7F3O2S. The lowest BCUT2D eigenvalue weighted by Crippen LogP contribution is -2.01. The van der Waals surface area contributed by atoms with Crippen LogP contribution in [-0.4, -0.2) is 13.1 Å². The lowest BCUT2D eigenvalue weighted by molar-refractivity contribution is -0.134. The molecule has 0 spiro atoms. The van der Waals surface area contributed by atoms with E-state index in [-0.39, 0.29) is 10.4 Å². The van der Waals surface area contributed by atoms with E-state index >= 15 is 0 Å². The molecule has 0 aliphatic heterocycles. The van der Waals surface area contributed by atoms with E-state index in [1.807, 2.05) is 0 Å². The molecule has 1 aromatic rings. The van der Waals surface area contributed by atoms with Crippen LogP contribution in [0.4, 0.5) is 13.2 Å². The van der Waals surface area contributed by atoms with Gasteiger partial charge >= 0.3 is 12.1 Å². The van der Waals surface area contributed by atoms with Crippen LogP contribution in [0.1, 0.15) is 20.1 Å². The fourth-order valence-electron chi connectivity index (χ4n) is 0.917. The number of esters is 1. The van der Waals surface area contributed by atoms with Crippen molar-refractivity contribution in [2.24, 2.45) is 0 Å². The number of halogens is 3. The summed E-state index contributed by atoms with van der Waals surface area (Å²) in [6.07, 6.45) is -4.40. The Kier molecular flexibility index (Phi) is 2.84. The molecule has 0 atom stereocenters. The van der Waals surface area contributed by atoms with Gasteiger partial charge in [-0.3, -0.25) is 0 Å². The minimum absolute atomic E-state index is 0.000162. The van der Waals surface area contributed by atoms with E-state index in [2.05, 4.69) is 4.74 Å². The molecule has 0 unspecified atom stereocenters. The Bertz CT molecular complexity index is 354. The molecule has 0 saturated heterocycles. The van der Waals surface area contributed by atoms with Gasteiger partial charge in [0.1, 0.15) is 9.75 Å². The average Bonchev–Trinajstić information content (AvgIpc) is 2.45. The van der Waals surface area contributed by atoms with Gasteiger partial charge in [0.05, 0.1) is 7.11 Å². The van der Waals surface area contributed by atoms with Crippen LogP contribution in [0.15, 0.2) is 6.07 Å². The Hall–Kier alpha value is -1.04. The first-order valence-electron chi connectivity index (χ1n) is 3.62. The number of aryl methyl sites for hydroxylation is 1. The summed E-state index contributed by atoms with van der Waals surface area (Å²) < 4.78 is 41.0. The topological polar surface area (TPSA) is 26.3 Å². The van der Waals surface area contributed by atoms with Crippen LogP contribution in [-0.2, 0) is 10.9 Å². The highest BCUT2D eigenvalue weighted by Crippen LogP contribution is 2.36. The fourth-order valence-corrected chi connectivity index (χ4v) is 1.88. The first-order valence-corrected chi connectivity index (χ1v) is 4.44. The zero-order chi connectivity index (χ0) is 10.9. The van der Waals surface area contributed by atoms with Crippen molar-refractivity contribution in [2.75, 3.05) is 7.11 Å². The van der Waals surface area contributed by atoms with Crippen LogP contribution in [0.2, 0.25) is 0 Å². The smallest absolute Gasteiger partial charge is 0.425 e. The molecule has 14 heavy (non-hydrogen) atoms. The van der Waals surface area contributed by atoms with Crippen molar-refractivity contribution >= 4 is 17.3 Å². The van der Waals surface area contributed by atoms with Gasteiger partial charge in [0, 0.05) is 0 Å². The maximum atomic E-state index is 12.2. The molecule has 1 rings (SSSR count). The number of methoxy groups -OCH3 is 1. The summed E-state index contributed by atoms with van der Waals surface area (Å²) >= 11 is 0.400. The van der Waals surface area contributed by atoms with Gasteiger partial charge in [0.15, 0.2) is 0 Å². The van der Waals surface area contributed by atoms with Gasteiger partial charge in [0.25, 0.3) is 0 Å². The molecular weight excluding hydrogens is 217 g/mol. The second kappa shape index (κ2) is 3.61. The van der Waals surface area contributed by atoms with E-state index in [1.54, 1.807) is 0 Å². The maximum Gasteiger partial charge on any atom is 0.425 e. The predicted octanol–water partition coefficient (Wildman–Crippen LogP) is 2.86. The minimum Gasteiger partial charge on any atom is -0.465 e. The third-order valence-electron chi connectivity index (χ3n) is 1.57. The standard InChI is InChI=1S/C8H7F3O2S/c1-4-3-5(8(9,10)11)14-6(4)7(12)13-2/h3H,1-2H3. The Morgan fingerprint density at radius 2 is 2.07 bits per heavy atom. The summed E-state index contributed by atoms with van der Waals surface area (Å²) in [5, 5.41) is 0. The van der Waals surface area contributed by atoms with Gasteiger partial charge < -0.3 is 4.74 Å². The molecule has 2 nitrogen and oxygen atoms in total. The van der Waals surface area contributed by atoms with Gasteiger partial charge in [-0.05, 0) is 18.6 Å². The van der Waals surface area contributed by atoms with Crippen molar-refractivity contribution in [3.8, 4) is 0 Å². The first-order chi connectivity index (χ1) is 6.36. The third kappa shape index (κ3) is 2.06. The lowest BCUT2D eigenvalue weighted by atomic mass is 10.2. The minimum atomic E-state index is -4.40. The molecule has 0 radical (unpaired) electrons. The summed E-state index contributed by atoms with van der Waals surface area (Å²) in [7, 11) is 1.13. The summed E-state index contributed by atoms with van der Waals surface area (Å²) in [6.45, 7) is 1.44. The van der Waals surface area contributed by atoms with E-state index in [1.165, 1.54) is 6.92 Å². The molecule has 0 aromatic carbocycles. The zero-order valence-electron chi connectivity index (χ0n) is 7.44. The molecule has 0 bridgehead atoms. The van der Waals surface area contributed by atoms with Crippen LogP contribution in [0.5, 0.6) is 0 Å². The van der Waals surface area contributed by atoms with Crippen LogP contribution < -0.4 is 0 Å². The number of carbonyl (C=O) groups is 1. The molecule has 1 heterocycles. The maximum absolute atomic E-state index is 12.2.